The van der Waals surface area contributed by atoms with Crippen LogP contribution in [-0.4, -0.2) is 32.9 Å². The average Bonchev–Trinajstić information content (AvgIpc) is 3.10. The van der Waals surface area contributed by atoms with E-state index in [0.717, 1.165) is 34.4 Å². The number of carbonyl (C=O) groups excluding carboxylic acids is 1. The largest absolute Gasteiger partial charge is 0.497 e. The molecule has 140 valence electrons. The van der Waals surface area contributed by atoms with E-state index in [0.29, 0.717) is 5.56 Å². The van der Waals surface area contributed by atoms with Crippen molar-refractivity contribution < 1.29 is 9.53 Å². The van der Waals surface area contributed by atoms with E-state index in [9.17, 15) is 4.79 Å². The molecule has 3 aromatic rings. The van der Waals surface area contributed by atoms with Crippen molar-refractivity contribution in [1.82, 2.24) is 14.8 Å². The standard InChI is InChI=1S/C21H23N3O2S/c1-5-24-20(18-9-7-6-8-14(18)2)22-23-21(24)27-15(3)19(25)16-10-12-17(26-4)13-11-16/h6-13,15H,5H2,1-4H3/t15-/m0/s1. The summed E-state index contributed by atoms with van der Waals surface area (Å²) in [5.74, 6) is 1.63. The third-order valence-electron chi connectivity index (χ3n) is 4.44. The minimum atomic E-state index is -0.266. The first-order valence-electron chi connectivity index (χ1n) is 8.89. The van der Waals surface area contributed by atoms with Crippen molar-refractivity contribution in [3.8, 4) is 17.1 Å². The molecule has 0 spiro atoms. The molecular formula is C21H23N3O2S. The van der Waals surface area contributed by atoms with Gasteiger partial charge in [-0.05, 0) is 50.6 Å². The molecule has 0 radical (unpaired) electrons. The topological polar surface area (TPSA) is 57.0 Å². The van der Waals surface area contributed by atoms with Gasteiger partial charge < -0.3 is 9.30 Å². The summed E-state index contributed by atoms with van der Waals surface area (Å²) in [5.41, 5.74) is 2.88. The Labute approximate surface area is 163 Å². The van der Waals surface area contributed by atoms with Gasteiger partial charge in [0.2, 0.25) is 0 Å². The highest BCUT2D eigenvalue weighted by Gasteiger charge is 2.21. The van der Waals surface area contributed by atoms with E-state index in [1.807, 2.05) is 25.1 Å². The lowest BCUT2D eigenvalue weighted by Gasteiger charge is -2.12. The Morgan fingerprint density at radius 2 is 1.85 bits per heavy atom. The van der Waals surface area contributed by atoms with Gasteiger partial charge in [0.25, 0.3) is 0 Å². The molecule has 0 amide bonds. The van der Waals surface area contributed by atoms with Gasteiger partial charge in [0.05, 0.1) is 12.4 Å². The number of ketones is 1. The lowest BCUT2D eigenvalue weighted by Crippen LogP contribution is -2.14. The van der Waals surface area contributed by atoms with E-state index < -0.39 is 0 Å². The van der Waals surface area contributed by atoms with Crippen LogP contribution in [0.5, 0.6) is 5.75 Å². The maximum absolute atomic E-state index is 12.8. The summed E-state index contributed by atoms with van der Waals surface area (Å²) in [5, 5.41) is 9.23. The third-order valence-corrected chi connectivity index (χ3v) is 5.53. The Bertz CT molecular complexity index is 935. The zero-order valence-corrected chi connectivity index (χ0v) is 16.8. The van der Waals surface area contributed by atoms with Gasteiger partial charge in [-0.2, -0.15) is 0 Å². The average molecular weight is 382 g/mol. The van der Waals surface area contributed by atoms with Gasteiger partial charge in [-0.15, -0.1) is 10.2 Å². The number of nitrogens with zero attached hydrogens (tertiary/aromatic N) is 3. The number of aryl methyl sites for hydroxylation is 1. The van der Waals surface area contributed by atoms with Crippen molar-refractivity contribution >= 4 is 17.5 Å². The van der Waals surface area contributed by atoms with Gasteiger partial charge in [0.1, 0.15) is 5.75 Å². The van der Waals surface area contributed by atoms with Gasteiger partial charge >= 0.3 is 0 Å². The maximum atomic E-state index is 12.8. The molecule has 27 heavy (non-hydrogen) atoms. The second-order valence-electron chi connectivity index (χ2n) is 6.22. The molecule has 1 heterocycles. The van der Waals surface area contributed by atoms with Crippen LogP contribution in [0.1, 0.15) is 29.8 Å². The Morgan fingerprint density at radius 1 is 1.15 bits per heavy atom. The molecule has 6 heteroatoms. The Balaban J connectivity index is 1.82. The van der Waals surface area contributed by atoms with E-state index in [2.05, 4.69) is 34.7 Å². The minimum absolute atomic E-state index is 0.0609. The molecule has 0 saturated heterocycles. The van der Waals surface area contributed by atoms with E-state index in [4.69, 9.17) is 4.74 Å². The summed E-state index contributed by atoms with van der Waals surface area (Å²) in [7, 11) is 1.61. The molecule has 0 bridgehead atoms. The van der Waals surface area contributed by atoms with Crippen LogP contribution in [0.15, 0.2) is 53.7 Å². The number of benzene rings is 2. The minimum Gasteiger partial charge on any atom is -0.497 e. The number of methoxy groups -OCH3 is 1. The van der Waals surface area contributed by atoms with Crippen LogP contribution in [0.4, 0.5) is 0 Å². The number of hydrogen-bond acceptors (Lipinski definition) is 5. The normalized spacial score (nSPS) is 12.0. The number of thioether (sulfide) groups is 1. The molecule has 1 atom stereocenters. The van der Waals surface area contributed by atoms with E-state index in [1.165, 1.54) is 11.8 Å². The molecule has 3 rings (SSSR count). The van der Waals surface area contributed by atoms with Crippen molar-refractivity contribution in [1.29, 1.82) is 0 Å². The summed E-state index contributed by atoms with van der Waals surface area (Å²) in [6.45, 7) is 6.76. The van der Waals surface area contributed by atoms with Crippen molar-refractivity contribution in [3.63, 3.8) is 0 Å². The number of ether oxygens (including phenoxy) is 1. The van der Waals surface area contributed by atoms with Crippen LogP contribution >= 0.6 is 11.8 Å². The van der Waals surface area contributed by atoms with Gasteiger partial charge in [-0.25, -0.2) is 0 Å². The number of aromatic nitrogens is 3. The molecule has 2 aromatic carbocycles. The summed E-state index contributed by atoms with van der Waals surface area (Å²) in [6, 6.07) is 15.3. The van der Waals surface area contributed by atoms with Crippen molar-refractivity contribution in [3.05, 3.63) is 59.7 Å². The van der Waals surface area contributed by atoms with Crippen LogP contribution in [0.3, 0.4) is 0 Å². The quantitative estimate of drug-likeness (QED) is 0.441. The fourth-order valence-corrected chi connectivity index (χ4v) is 3.88. The van der Waals surface area contributed by atoms with Crippen LogP contribution in [0, 0.1) is 6.92 Å². The first kappa shape index (κ1) is 19.2. The van der Waals surface area contributed by atoms with Crippen LogP contribution < -0.4 is 4.74 Å². The SMILES string of the molecule is CCn1c(S[C@@H](C)C(=O)c2ccc(OC)cc2)nnc1-c1ccccc1C. The maximum Gasteiger partial charge on any atom is 0.192 e. The highest BCUT2D eigenvalue weighted by molar-refractivity contribution is 8.00. The van der Waals surface area contributed by atoms with Crippen LogP contribution in [0.25, 0.3) is 11.4 Å². The lowest BCUT2D eigenvalue weighted by atomic mass is 10.1. The van der Waals surface area contributed by atoms with Crippen molar-refractivity contribution in [2.45, 2.75) is 37.7 Å². The fraction of sp³-hybridized carbons (Fsp3) is 0.286. The smallest absolute Gasteiger partial charge is 0.192 e. The first-order chi connectivity index (χ1) is 13.0. The highest BCUT2D eigenvalue weighted by atomic mass is 32.2. The van der Waals surface area contributed by atoms with Gasteiger partial charge in [0, 0.05) is 17.7 Å². The molecule has 0 fully saturated rings. The van der Waals surface area contributed by atoms with E-state index in [-0.39, 0.29) is 11.0 Å². The Morgan fingerprint density at radius 3 is 2.48 bits per heavy atom. The number of carbonyl (C=O) groups is 1. The second kappa shape index (κ2) is 8.39. The molecule has 1 aromatic heterocycles. The number of hydrogen-bond donors (Lipinski definition) is 0. The van der Waals surface area contributed by atoms with Crippen molar-refractivity contribution in [2.24, 2.45) is 0 Å². The molecule has 0 N–H and O–H groups in total. The monoisotopic (exact) mass is 381 g/mol. The molecular weight excluding hydrogens is 358 g/mol. The number of rotatable bonds is 7. The fourth-order valence-electron chi connectivity index (χ4n) is 2.89. The molecule has 0 aliphatic heterocycles. The summed E-state index contributed by atoms with van der Waals surface area (Å²) in [4.78, 5) is 12.8. The summed E-state index contributed by atoms with van der Waals surface area (Å²) >= 11 is 1.44. The predicted octanol–water partition coefficient (Wildman–Crippen LogP) is 4.65. The predicted molar refractivity (Wildman–Crippen MR) is 109 cm³/mol. The van der Waals surface area contributed by atoms with Gasteiger partial charge in [0.15, 0.2) is 16.8 Å². The number of Topliss-reactive ketones (excluding diaryl/α,β-unsaturated/α-hetero) is 1. The Kier molecular flexibility index (Phi) is 5.96. The lowest BCUT2D eigenvalue weighted by molar-refractivity contribution is 0.0994. The summed E-state index contributed by atoms with van der Waals surface area (Å²) in [6.07, 6.45) is 0. The zero-order chi connectivity index (χ0) is 19.4. The van der Waals surface area contributed by atoms with Crippen LogP contribution in [0.2, 0.25) is 0 Å². The zero-order valence-electron chi connectivity index (χ0n) is 16.0. The van der Waals surface area contributed by atoms with Crippen LogP contribution in [-0.2, 0) is 6.54 Å². The summed E-state index contributed by atoms with van der Waals surface area (Å²) < 4.78 is 7.21. The highest BCUT2D eigenvalue weighted by Crippen LogP contribution is 2.29. The molecule has 0 aliphatic carbocycles. The second-order valence-corrected chi connectivity index (χ2v) is 7.53. The molecule has 0 aliphatic rings. The molecule has 0 saturated carbocycles. The van der Waals surface area contributed by atoms with Crippen molar-refractivity contribution in [2.75, 3.05) is 7.11 Å². The third kappa shape index (κ3) is 4.06. The van der Waals surface area contributed by atoms with Gasteiger partial charge in [-0.3, -0.25) is 4.79 Å². The van der Waals surface area contributed by atoms with E-state index >= 15 is 0 Å². The molecule has 0 unspecified atom stereocenters. The van der Waals surface area contributed by atoms with E-state index in [1.54, 1.807) is 31.4 Å². The first-order valence-corrected chi connectivity index (χ1v) is 9.77. The molecule has 5 nitrogen and oxygen atoms in total. The Hall–Kier alpha value is -2.60. The van der Waals surface area contributed by atoms with Gasteiger partial charge in [-0.1, -0.05) is 36.0 Å².